The molecular formula is C23H23N7OS. The summed E-state index contributed by atoms with van der Waals surface area (Å²) in [4.78, 5) is 28.4. The molecule has 0 unspecified atom stereocenters. The van der Waals surface area contributed by atoms with Crippen molar-refractivity contribution in [1.82, 2.24) is 20.3 Å². The van der Waals surface area contributed by atoms with Crippen LogP contribution in [0.5, 0.6) is 0 Å². The number of aromatic nitrogens is 3. The van der Waals surface area contributed by atoms with Crippen molar-refractivity contribution >= 4 is 44.1 Å². The summed E-state index contributed by atoms with van der Waals surface area (Å²) < 4.78 is 0.996. The molecular weight excluding hydrogens is 422 g/mol. The maximum Gasteiger partial charge on any atom is 0.279 e. The third-order valence-corrected chi connectivity index (χ3v) is 6.35. The van der Waals surface area contributed by atoms with Gasteiger partial charge in [-0.2, -0.15) is 0 Å². The number of nitrogen functional groups attached to an aromatic ring is 1. The second-order valence-electron chi connectivity index (χ2n) is 7.57. The monoisotopic (exact) mass is 445 g/mol. The Balaban J connectivity index is 1.36. The van der Waals surface area contributed by atoms with E-state index in [1.165, 1.54) is 17.0 Å². The number of nitrogens with two attached hydrogens (primary N) is 1. The minimum absolute atomic E-state index is 0.0843. The molecule has 1 aliphatic rings. The molecule has 0 atom stereocenters. The molecule has 1 saturated heterocycles. The molecule has 9 heteroatoms. The van der Waals surface area contributed by atoms with Crippen LogP contribution in [-0.4, -0.2) is 47.0 Å². The van der Waals surface area contributed by atoms with Crippen LogP contribution < -0.4 is 21.3 Å². The summed E-state index contributed by atoms with van der Waals surface area (Å²) in [6, 6.07) is 15.9. The number of rotatable bonds is 4. The average molecular weight is 446 g/mol. The van der Waals surface area contributed by atoms with E-state index in [-0.39, 0.29) is 11.5 Å². The van der Waals surface area contributed by atoms with Crippen molar-refractivity contribution in [2.45, 2.75) is 6.42 Å². The van der Waals surface area contributed by atoms with Crippen LogP contribution in [0.25, 0.3) is 21.5 Å². The van der Waals surface area contributed by atoms with Crippen molar-refractivity contribution in [3.8, 4) is 11.3 Å². The number of thiazole rings is 1. The first-order chi connectivity index (χ1) is 15.7. The van der Waals surface area contributed by atoms with Gasteiger partial charge in [-0.05, 0) is 37.2 Å². The Morgan fingerprint density at radius 1 is 1.06 bits per heavy atom. The van der Waals surface area contributed by atoms with Gasteiger partial charge in [0.25, 0.3) is 5.91 Å². The standard InChI is InChI=1S/C23H23N7OS/c24-21-20(22(31)29-23-28-17-4-1-2-5-19(17)32-23)27-18(14-26-21)15-6-8-16(9-7-15)30-12-3-10-25-11-13-30/h1-2,4-9,14,25H,3,10-13H2,(H2,24,26)(H,28,29,31). The molecule has 0 radical (unpaired) electrons. The van der Waals surface area contributed by atoms with E-state index in [1.54, 1.807) is 6.20 Å². The van der Waals surface area contributed by atoms with Gasteiger partial charge in [0, 0.05) is 30.9 Å². The second-order valence-corrected chi connectivity index (χ2v) is 8.60. The molecule has 5 rings (SSSR count). The fraction of sp³-hybridized carbons (Fsp3) is 0.217. The minimum atomic E-state index is -0.426. The molecule has 4 aromatic rings. The fourth-order valence-corrected chi connectivity index (χ4v) is 4.59. The molecule has 0 spiro atoms. The van der Waals surface area contributed by atoms with Crippen molar-refractivity contribution in [2.75, 3.05) is 42.1 Å². The molecule has 4 N–H and O–H groups in total. The summed E-state index contributed by atoms with van der Waals surface area (Å²) in [5.41, 5.74) is 9.54. The highest BCUT2D eigenvalue weighted by atomic mass is 32.1. The lowest BCUT2D eigenvalue weighted by Crippen LogP contribution is -2.27. The van der Waals surface area contributed by atoms with Crippen LogP contribution in [0.3, 0.4) is 0 Å². The average Bonchev–Trinajstić information content (AvgIpc) is 3.02. The van der Waals surface area contributed by atoms with Gasteiger partial charge in [-0.25, -0.2) is 15.0 Å². The van der Waals surface area contributed by atoms with Crippen molar-refractivity contribution < 1.29 is 4.79 Å². The third-order valence-electron chi connectivity index (χ3n) is 5.40. The smallest absolute Gasteiger partial charge is 0.279 e. The molecule has 1 aliphatic heterocycles. The lowest BCUT2D eigenvalue weighted by atomic mass is 10.1. The quantitative estimate of drug-likeness (QED) is 0.442. The van der Waals surface area contributed by atoms with Gasteiger partial charge in [-0.3, -0.25) is 10.1 Å². The molecule has 2 aromatic heterocycles. The maximum atomic E-state index is 12.8. The Hall–Kier alpha value is -3.56. The van der Waals surface area contributed by atoms with Crippen LogP contribution in [-0.2, 0) is 0 Å². The Labute approximate surface area is 189 Å². The van der Waals surface area contributed by atoms with Gasteiger partial charge in [0.15, 0.2) is 16.6 Å². The lowest BCUT2D eigenvalue weighted by molar-refractivity contribution is 0.102. The first kappa shape index (κ1) is 20.3. The molecule has 0 aliphatic carbocycles. The first-order valence-electron chi connectivity index (χ1n) is 10.5. The number of anilines is 3. The molecule has 1 amide bonds. The number of benzene rings is 2. The summed E-state index contributed by atoms with van der Waals surface area (Å²) >= 11 is 1.40. The number of nitrogens with one attached hydrogen (secondary N) is 2. The van der Waals surface area contributed by atoms with E-state index in [2.05, 4.69) is 42.6 Å². The molecule has 2 aromatic carbocycles. The predicted molar refractivity (Wildman–Crippen MR) is 129 cm³/mol. The Kier molecular flexibility index (Phi) is 5.66. The SMILES string of the molecule is Nc1ncc(-c2ccc(N3CCCNCC3)cc2)nc1C(=O)Nc1nc2ccccc2s1. The highest BCUT2D eigenvalue weighted by Gasteiger charge is 2.17. The third kappa shape index (κ3) is 4.25. The Morgan fingerprint density at radius 3 is 2.75 bits per heavy atom. The van der Waals surface area contributed by atoms with Gasteiger partial charge in [0.05, 0.1) is 22.1 Å². The molecule has 32 heavy (non-hydrogen) atoms. The van der Waals surface area contributed by atoms with Gasteiger partial charge in [0.2, 0.25) is 0 Å². The number of carbonyl (C=O) groups excluding carboxylic acids is 1. The van der Waals surface area contributed by atoms with Gasteiger partial charge in [-0.15, -0.1) is 0 Å². The predicted octanol–water partition coefficient (Wildman–Crippen LogP) is 3.39. The molecule has 162 valence electrons. The Bertz CT molecular complexity index is 1210. The molecule has 8 nitrogen and oxygen atoms in total. The van der Waals surface area contributed by atoms with E-state index in [0.717, 1.165) is 48.4 Å². The topological polar surface area (TPSA) is 109 Å². The highest BCUT2D eigenvalue weighted by Crippen LogP contribution is 2.27. The van der Waals surface area contributed by atoms with Gasteiger partial charge in [-0.1, -0.05) is 35.6 Å². The van der Waals surface area contributed by atoms with Crippen molar-refractivity contribution in [1.29, 1.82) is 0 Å². The maximum absolute atomic E-state index is 12.8. The second kappa shape index (κ2) is 8.89. The van der Waals surface area contributed by atoms with Crippen LogP contribution in [0.4, 0.5) is 16.6 Å². The number of nitrogens with zero attached hydrogens (tertiary/aromatic N) is 4. The summed E-state index contributed by atoms with van der Waals surface area (Å²) in [5, 5.41) is 6.72. The van der Waals surface area contributed by atoms with E-state index >= 15 is 0 Å². The number of hydrogen-bond acceptors (Lipinski definition) is 8. The van der Waals surface area contributed by atoms with E-state index in [1.807, 2.05) is 36.4 Å². The molecule has 0 saturated carbocycles. The fourth-order valence-electron chi connectivity index (χ4n) is 3.73. The first-order valence-corrected chi connectivity index (χ1v) is 11.3. The summed E-state index contributed by atoms with van der Waals surface area (Å²) in [6.45, 7) is 4.05. The Morgan fingerprint density at radius 2 is 1.91 bits per heavy atom. The van der Waals surface area contributed by atoms with Gasteiger partial charge < -0.3 is 16.0 Å². The summed E-state index contributed by atoms with van der Waals surface area (Å²) in [7, 11) is 0. The van der Waals surface area contributed by atoms with Gasteiger partial charge in [0.1, 0.15) is 0 Å². The normalized spacial score (nSPS) is 14.3. The number of fused-ring (bicyclic) bond motifs is 1. The van der Waals surface area contributed by atoms with Gasteiger partial charge >= 0.3 is 0 Å². The number of hydrogen-bond donors (Lipinski definition) is 3. The highest BCUT2D eigenvalue weighted by molar-refractivity contribution is 7.22. The number of para-hydroxylation sites is 1. The van der Waals surface area contributed by atoms with Crippen molar-refractivity contribution in [3.05, 3.63) is 60.4 Å². The zero-order chi connectivity index (χ0) is 21.9. The van der Waals surface area contributed by atoms with Crippen molar-refractivity contribution in [2.24, 2.45) is 0 Å². The molecule has 1 fully saturated rings. The largest absolute Gasteiger partial charge is 0.382 e. The zero-order valence-corrected chi connectivity index (χ0v) is 18.2. The zero-order valence-electron chi connectivity index (χ0n) is 17.4. The van der Waals surface area contributed by atoms with Crippen LogP contribution in [0.2, 0.25) is 0 Å². The minimum Gasteiger partial charge on any atom is -0.382 e. The van der Waals surface area contributed by atoms with E-state index in [0.29, 0.717) is 10.8 Å². The van der Waals surface area contributed by atoms with E-state index < -0.39 is 5.91 Å². The van der Waals surface area contributed by atoms with Crippen LogP contribution in [0.1, 0.15) is 16.9 Å². The lowest BCUT2D eigenvalue weighted by Gasteiger charge is -2.22. The van der Waals surface area contributed by atoms with Crippen LogP contribution >= 0.6 is 11.3 Å². The molecule has 0 bridgehead atoms. The van der Waals surface area contributed by atoms with Crippen LogP contribution in [0.15, 0.2) is 54.7 Å². The molecule has 3 heterocycles. The van der Waals surface area contributed by atoms with E-state index in [9.17, 15) is 4.79 Å². The number of amides is 1. The van der Waals surface area contributed by atoms with Crippen molar-refractivity contribution in [3.63, 3.8) is 0 Å². The van der Waals surface area contributed by atoms with E-state index in [4.69, 9.17) is 5.73 Å². The summed E-state index contributed by atoms with van der Waals surface area (Å²) in [6.07, 6.45) is 2.72. The summed E-state index contributed by atoms with van der Waals surface area (Å²) in [5.74, 6) is -0.342. The van der Waals surface area contributed by atoms with Crippen LogP contribution in [0, 0.1) is 0 Å². The number of carbonyl (C=O) groups is 1.